The van der Waals surface area contributed by atoms with E-state index in [9.17, 15) is 10.1 Å². The molecule has 19 heavy (non-hydrogen) atoms. The average molecular weight is 284 g/mol. The Hall–Kier alpha value is -1.33. The van der Waals surface area contributed by atoms with Gasteiger partial charge in [0.1, 0.15) is 5.69 Å². The Bertz CT molecular complexity index is 479. The molecule has 0 unspecified atom stereocenters. The third-order valence-electron chi connectivity index (χ3n) is 3.38. The first kappa shape index (κ1) is 14.1. The largest absolute Gasteiger partial charge is 0.366 e. The van der Waals surface area contributed by atoms with Gasteiger partial charge in [0.2, 0.25) is 0 Å². The molecule has 6 heteroatoms. The first-order chi connectivity index (χ1) is 8.97. The van der Waals surface area contributed by atoms with Crippen LogP contribution in [-0.4, -0.2) is 43.6 Å². The summed E-state index contributed by atoms with van der Waals surface area (Å²) in [5.41, 5.74) is 0.772. The molecule has 0 aliphatic carbocycles. The molecular formula is C13H18ClN3O2. The molecule has 0 amide bonds. The van der Waals surface area contributed by atoms with Crippen LogP contribution in [0.25, 0.3) is 0 Å². The summed E-state index contributed by atoms with van der Waals surface area (Å²) in [6.45, 7) is 2.74. The molecule has 104 valence electrons. The van der Waals surface area contributed by atoms with Crippen LogP contribution in [-0.2, 0) is 0 Å². The Morgan fingerprint density at radius 2 is 2.26 bits per heavy atom. The molecule has 1 atom stereocenters. The number of benzene rings is 1. The molecule has 1 aliphatic heterocycles. The molecule has 1 aliphatic rings. The molecule has 0 aromatic heterocycles. The average Bonchev–Trinajstić information content (AvgIpc) is 2.76. The maximum Gasteiger partial charge on any atom is 0.294 e. The molecule has 1 fully saturated rings. The van der Waals surface area contributed by atoms with Crippen LogP contribution in [0.3, 0.4) is 0 Å². The van der Waals surface area contributed by atoms with Crippen molar-refractivity contribution in [2.24, 2.45) is 5.92 Å². The topological polar surface area (TPSA) is 49.6 Å². The number of nitro benzene ring substituents is 1. The fourth-order valence-electron chi connectivity index (χ4n) is 2.63. The predicted octanol–water partition coefficient (Wildman–Crippen LogP) is 2.64. The highest BCUT2D eigenvalue weighted by molar-refractivity contribution is 6.30. The number of anilines is 1. The smallest absolute Gasteiger partial charge is 0.294 e. The van der Waals surface area contributed by atoms with Crippen molar-refractivity contribution in [3.8, 4) is 0 Å². The molecule has 1 saturated heterocycles. The van der Waals surface area contributed by atoms with Crippen LogP contribution in [0.4, 0.5) is 11.4 Å². The summed E-state index contributed by atoms with van der Waals surface area (Å²) >= 11 is 5.84. The highest BCUT2D eigenvalue weighted by atomic mass is 35.5. The van der Waals surface area contributed by atoms with Crippen molar-refractivity contribution in [1.82, 2.24) is 4.90 Å². The van der Waals surface area contributed by atoms with E-state index in [0.717, 1.165) is 26.1 Å². The van der Waals surface area contributed by atoms with Crippen molar-refractivity contribution < 1.29 is 4.92 Å². The summed E-state index contributed by atoms with van der Waals surface area (Å²) in [6.07, 6.45) is 1.07. The Labute approximate surface area is 117 Å². The van der Waals surface area contributed by atoms with Crippen molar-refractivity contribution >= 4 is 23.0 Å². The van der Waals surface area contributed by atoms with Gasteiger partial charge in [-0.15, -0.1) is 0 Å². The molecule has 1 aromatic rings. The second-order valence-electron chi connectivity index (χ2n) is 5.25. The Morgan fingerprint density at radius 1 is 1.53 bits per heavy atom. The fraction of sp³-hybridized carbons (Fsp3) is 0.538. The van der Waals surface area contributed by atoms with E-state index in [2.05, 4.69) is 9.80 Å². The minimum atomic E-state index is -0.361. The van der Waals surface area contributed by atoms with Crippen molar-refractivity contribution in [1.29, 1.82) is 0 Å². The Kier molecular flexibility index (Phi) is 4.27. The zero-order chi connectivity index (χ0) is 14.0. The van der Waals surface area contributed by atoms with E-state index in [1.807, 2.05) is 14.1 Å². The molecule has 0 saturated carbocycles. The molecule has 5 nitrogen and oxygen atoms in total. The standard InChI is InChI=1S/C13H18ClN3O2/c1-15(2)8-10-5-6-16(9-10)12-4-3-11(14)7-13(12)17(18)19/h3-4,7,10H,5-6,8-9H2,1-2H3/t10-/m1/s1. The molecule has 1 heterocycles. The van der Waals surface area contributed by atoms with Gasteiger partial charge in [-0.25, -0.2) is 0 Å². The van der Waals surface area contributed by atoms with Gasteiger partial charge >= 0.3 is 0 Å². The molecule has 2 rings (SSSR count). The van der Waals surface area contributed by atoms with E-state index in [1.165, 1.54) is 6.07 Å². The fourth-order valence-corrected chi connectivity index (χ4v) is 2.79. The zero-order valence-corrected chi connectivity index (χ0v) is 11.9. The van der Waals surface area contributed by atoms with E-state index in [4.69, 9.17) is 11.6 Å². The van der Waals surface area contributed by atoms with Crippen molar-refractivity contribution in [2.45, 2.75) is 6.42 Å². The lowest BCUT2D eigenvalue weighted by Gasteiger charge is -2.20. The van der Waals surface area contributed by atoms with Crippen LogP contribution in [0.15, 0.2) is 18.2 Å². The second-order valence-corrected chi connectivity index (χ2v) is 5.69. The maximum absolute atomic E-state index is 11.1. The minimum absolute atomic E-state index is 0.0954. The van der Waals surface area contributed by atoms with E-state index < -0.39 is 0 Å². The van der Waals surface area contributed by atoms with Crippen LogP contribution < -0.4 is 4.90 Å². The maximum atomic E-state index is 11.1. The van der Waals surface area contributed by atoms with E-state index in [0.29, 0.717) is 16.6 Å². The van der Waals surface area contributed by atoms with Crippen molar-refractivity contribution in [2.75, 3.05) is 38.6 Å². The van der Waals surface area contributed by atoms with Crippen LogP contribution in [0.5, 0.6) is 0 Å². The van der Waals surface area contributed by atoms with Gasteiger partial charge < -0.3 is 9.80 Å². The summed E-state index contributed by atoms with van der Waals surface area (Å²) < 4.78 is 0. The number of halogens is 1. The predicted molar refractivity (Wildman–Crippen MR) is 77.0 cm³/mol. The first-order valence-electron chi connectivity index (χ1n) is 6.31. The summed E-state index contributed by atoms with van der Waals surface area (Å²) in [5.74, 6) is 0.560. The van der Waals surface area contributed by atoms with Gasteiger partial charge in [0.05, 0.1) is 4.92 Å². The first-order valence-corrected chi connectivity index (χ1v) is 6.69. The number of hydrogen-bond acceptors (Lipinski definition) is 4. The Morgan fingerprint density at radius 3 is 2.89 bits per heavy atom. The van der Waals surface area contributed by atoms with Crippen LogP contribution >= 0.6 is 11.6 Å². The lowest BCUT2D eigenvalue weighted by atomic mass is 10.1. The third-order valence-corrected chi connectivity index (χ3v) is 3.62. The molecular weight excluding hydrogens is 266 g/mol. The normalized spacial score (nSPS) is 19.2. The van der Waals surface area contributed by atoms with Gasteiger partial charge in [-0.1, -0.05) is 11.6 Å². The summed E-state index contributed by atoms with van der Waals surface area (Å²) in [6, 6.07) is 4.89. The number of rotatable bonds is 4. The van der Waals surface area contributed by atoms with E-state index >= 15 is 0 Å². The number of nitrogens with zero attached hydrogens (tertiary/aromatic N) is 3. The van der Waals surface area contributed by atoms with Crippen LogP contribution in [0, 0.1) is 16.0 Å². The van der Waals surface area contributed by atoms with Gasteiger partial charge in [-0.3, -0.25) is 10.1 Å². The monoisotopic (exact) mass is 283 g/mol. The highest BCUT2D eigenvalue weighted by Gasteiger charge is 2.27. The van der Waals surface area contributed by atoms with Crippen molar-refractivity contribution in [3.05, 3.63) is 33.3 Å². The number of nitro groups is 1. The zero-order valence-electron chi connectivity index (χ0n) is 11.2. The minimum Gasteiger partial charge on any atom is -0.366 e. The van der Waals surface area contributed by atoms with Gasteiger partial charge in [0.15, 0.2) is 0 Å². The van der Waals surface area contributed by atoms with Gasteiger partial charge in [0, 0.05) is 30.7 Å². The summed E-state index contributed by atoms with van der Waals surface area (Å²) in [7, 11) is 4.10. The quantitative estimate of drug-likeness (QED) is 0.630. The lowest BCUT2D eigenvalue weighted by molar-refractivity contribution is -0.384. The summed E-state index contributed by atoms with van der Waals surface area (Å²) in [4.78, 5) is 15.0. The van der Waals surface area contributed by atoms with E-state index in [-0.39, 0.29) is 10.6 Å². The number of hydrogen-bond donors (Lipinski definition) is 0. The van der Waals surface area contributed by atoms with Gasteiger partial charge in [0.25, 0.3) is 5.69 Å². The molecule has 0 N–H and O–H groups in total. The highest BCUT2D eigenvalue weighted by Crippen LogP contribution is 2.34. The molecule has 0 bridgehead atoms. The van der Waals surface area contributed by atoms with Crippen LogP contribution in [0.2, 0.25) is 5.02 Å². The lowest BCUT2D eigenvalue weighted by Crippen LogP contribution is -2.26. The summed E-state index contributed by atoms with van der Waals surface area (Å²) in [5, 5.41) is 11.5. The van der Waals surface area contributed by atoms with Gasteiger partial charge in [-0.2, -0.15) is 0 Å². The SMILES string of the molecule is CN(C)C[C@H]1CCN(c2ccc(Cl)cc2[N+](=O)[O-])C1. The molecule has 0 spiro atoms. The van der Waals surface area contributed by atoms with Gasteiger partial charge in [-0.05, 0) is 38.6 Å². The van der Waals surface area contributed by atoms with E-state index in [1.54, 1.807) is 12.1 Å². The molecule has 0 radical (unpaired) electrons. The van der Waals surface area contributed by atoms with Crippen molar-refractivity contribution in [3.63, 3.8) is 0 Å². The Balaban J connectivity index is 2.17. The third kappa shape index (κ3) is 3.36. The second kappa shape index (κ2) is 5.75. The molecule has 1 aromatic carbocycles. The van der Waals surface area contributed by atoms with Crippen LogP contribution in [0.1, 0.15) is 6.42 Å².